The Morgan fingerprint density at radius 2 is 1.90 bits per heavy atom. The molecule has 1 aliphatic heterocycles. The van der Waals surface area contributed by atoms with Crippen molar-refractivity contribution in [2.45, 2.75) is 29.9 Å². The number of nitrogens with one attached hydrogen (secondary N) is 1. The Morgan fingerprint density at radius 1 is 1.20 bits per heavy atom. The van der Waals surface area contributed by atoms with Crippen molar-refractivity contribution in [3.05, 3.63) is 39.9 Å². The fourth-order valence-electron chi connectivity index (χ4n) is 3.59. The van der Waals surface area contributed by atoms with Gasteiger partial charge in [-0.05, 0) is 48.9 Å². The topological polar surface area (TPSA) is 96.4 Å². The lowest BCUT2D eigenvalue weighted by Gasteiger charge is -2.29. The molecular formula is C18H20ClN3O4S4. The van der Waals surface area contributed by atoms with Crippen molar-refractivity contribution in [1.82, 2.24) is 9.29 Å². The van der Waals surface area contributed by atoms with E-state index in [2.05, 4.69) is 9.71 Å². The highest BCUT2D eigenvalue weighted by Crippen LogP contribution is 2.37. The number of halogens is 1. The second kappa shape index (κ2) is 8.03. The fraction of sp³-hybridized carbons (Fsp3) is 0.389. The van der Waals surface area contributed by atoms with Crippen molar-refractivity contribution in [3.8, 4) is 0 Å². The Labute approximate surface area is 188 Å². The van der Waals surface area contributed by atoms with Crippen LogP contribution in [0.1, 0.15) is 30.0 Å². The van der Waals surface area contributed by atoms with Gasteiger partial charge >= 0.3 is 0 Å². The molecular weight excluding hydrogens is 486 g/mol. The van der Waals surface area contributed by atoms with Crippen LogP contribution in [0.3, 0.4) is 0 Å². The quantitative estimate of drug-likeness (QED) is 0.558. The molecule has 0 saturated carbocycles. The molecule has 2 aromatic heterocycles. The molecule has 0 bridgehead atoms. The second-order valence-electron chi connectivity index (χ2n) is 7.27. The molecule has 1 aromatic carbocycles. The number of benzene rings is 1. The average Bonchev–Trinajstić information content (AvgIpc) is 3.26. The summed E-state index contributed by atoms with van der Waals surface area (Å²) in [6.45, 7) is 2.67. The van der Waals surface area contributed by atoms with Gasteiger partial charge in [-0.3, -0.25) is 4.72 Å². The number of fused-ring (bicyclic) bond motifs is 1. The molecule has 7 nitrogen and oxygen atoms in total. The Hall–Kier alpha value is -1.24. The molecule has 1 fully saturated rings. The first-order valence-electron chi connectivity index (χ1n) is 9.16. The summed E-state index contributed by atoms with van der Waals surface area (Å²) in [5, 5.41) is 3.54. The summed E-state index contributed by atoms with van der Waals surface area (Å²) < 4.78 is 54.4. The van der Waals surface area contributed by atoms with E-state index in [1.54, 1.807) is 19.1 Å². The highest BCUT2D eigenvalue weighted by molar-refractivity contribution is 7.95. The highest BCUT2D eigenvalue weighted by Gasteiger charge is 2.28. The predicted octanol–water partition coefficient (Wildman–Crippen LogP) is 4.26. The molecule has 1 aliphatic rings. The van der Waals surface area contributed by atoms with Gasteiger partial charge in [0, 0.05) is 34.1 Å². The second-order valence-corrected chi connectivity index (χ2v) is 13.5. The van der Waals surface area contributed by atoms with Gasteiger partial charge in [-0.25, -0.2) is 26.1 Å². The predicted molar refractivity (Wildman–Crippen MR) is 123 cm³/mol. The smallest absolute Gasteiger partial charge is 0.254 e. The van der Waals surface area contributed by atoms with Gasteiger partial charge in [-0.15, -0.1) is 22.7 Å². The van der Waals surface area contributed by atoms with E-state index in [4.69, 9.17) is 11.6 Å². The molecule has 3 heterocycles. The van der Waals surface area contributed by atoms with E-state index in [9.17, 15) is 16.8 Å². The van der Waals surface area contributed by atoms with Crippen LogP contribution in [0.2, 0.25) is 5.02 Å². The van der Waals surface area contributed by atoms with Crippen molar-refractivity contribution < 1.29 is 16.8 Å². The van der Waals surface area contributed by atoms with E-state index >= 15 is 0 Å². The minimum Gasteiger partial charge on any atom is -0.254 e. The van der Waals surface area contributed by atoms with Crippen LogP contribution < -0.4 is 4.72 Å². The third kappa shape index (κ3) is 4.37. The summed E-state index contributed by atoms with van der Waals surface area (Å²) in [7, 11) is -6.96. The van der Waals surface area contributed by atoms with Crippen LogP contribution in [0.5, 0.6) is 0 Å². The molecule has 1 saturated heterocycles. The Kier molecular flexibility index (Phi) is 5.88. The van der Waals surface area contributed by atoms with E-state index in [0.717, 1.165) is 15.8 Å². The summed E-state index contributed by atoms with van der Waals surface area (Å²) in [5.74, 6) is 0.116. The number of hydrogen-bond donors (Lipinski definition) is 1. The molecule has 0 amide bonds. The lowest BCUT2D eigenvalue weighted by Crippen LogP contribution is -2.37. The standard InChI is InChI=1S/C18H20ClN3O4S4/c1-11-14-9-13(19)3-4-16(14)28-17(11)30(25,26)21-18-20-15(10-27-18)12-5-7-22(8-6-12)29(2,23)24/h3-4,9-10,12H,5-8H2,1-2H3,(H,20,21). The molecule has 1 N–H and O–H groups in total. The van der Waals surface area contributed by atoms with E-state index in [-0.39, 0.29) is 10.1 Å². The molecule has 0 unspecified atom stereocenters. The van der Waals surface area contributed by atoms with Crippen LogP contribution in [-0.4, -0.2) is 45.5 Å². The fourth-order valence-corrected chi connectivity index (χ4v) is 8.43. The molecule has 30 heavy (non-hydrogen) atoms. The molecule has 0 aliphatic carbocycles. The summed E-state index contributed by atoms with van der Waals surface area (Å²) in [6, 6.07) is 5.33. The monoisotopic (exact) mass is 505 g/mol. The maximum absolute atomic E-state index is 13.0. The number of hydrogen-bond acceptors (Lipinski definition) is 7. The number of sulfonamides is 2. The number of aromatic nitrogens is 1. The zero-order valence-corrected chi connectivity index (χ0v) is 20.3. The molecule has 0 spiro atoms. The Balaban J connectivity index is 1.52. The number of thiophene rings is 1. The minimum atomic E-state index is -3.78. The van der Waals surface area contributed by atoms with Crippen LogP contribution in [0.15, 0.2) is 27.8 Å². The van der Waals surface area contributed by atoms with Crippen molar-refractivity contribution in [2.75, 3.05) is 24.1 Å². The SMILES string of the molecule is Cc1c(S(=O)(=O)Nc2nc(C3CCN(S(C)(=O)=O)CC3)cs2)sc2ccc(Cl)cc12. The molecule has 0 atom stereocenters. The van der Waals surface area contributed by atoms with Crippen molar-refractivity contribution in [3.63, 3.8) is 0 Å². The van der Waals surface area contributed by atoms with E-state index in [0.29, 0.717) is 41.6 Å². The summed E-state index contributed by atoms with van der Waals surface area (Å²) >= 11 is 8.49. The average molecular weight is 506 g/mol. The van der Waals surface area contributed by atoms with Gasteiger partial charge < -0.3 is 0 Å². The van der Waals surface area contributed by atoms with Crippen LogP contribution in [0.25, 0.3) is 10.1 Å². The highest BCUT2D eigenvalue weighted by atomic mass is 35.5. The molecule has 12 heteroatoms. The third-order valence-electron chi connectivity index (χ3n) is 5.18. The third-order valence-corrected chi connectivity index (χ3v) is 10.9. The van der Waals surface area contributed by atoms with Gasteiger partial charge in [0.25, 0.3) is 10.0 Å². The molecule has 3 aromatic rings. The Morgan fingerprint density at radius 3 is 2.57 bits per heavy atom. The number of piperidine rings is 1. The maximum Gasteiger partial charge on any atom is 0.273 e. The van der Waals surface area contributed by atoms with E-state index in [1.807, 2.05) is 11.4 Å². The minimum absolute atomic E-state index is 0.116. The number of anilines is 1. The molecule has 162 valence electrons. The number of rotatable bonds is 5. The van der Waals surface area contributed by atoms with Crippen LogP contribution in [0, 0.1) is 6.92 Å². The molecule has 4 rings (SSSR count). The van der Waals surface area contributed by atoms with Gasteiger partial charge in [-0.2, -0.15) is 0 Å². The van der Waals surface area contributed by atoms with E-state index in [1.165, 1.54) is 33.2 Å². The van der Waals surface area contributed by atoms with Crippen LogP contribution in [-0.2, 0) is 20.0 Å². The van der Waals surface area contributed by atoms with Crippen LogP contribution in [0.4, 0.5) is 5.13 Å². The summed E-state index contributed by atoms with van der Waals surface area (Å²) in [6.07, 6.45) is 2.55. The normalized spacial score (nSPS) is 16.9. The van der Waals surface area contributed by atoms with Crippen molar-refractivity contribution in [2.24, 2.45) is 0 Å². The largest absolute Gasteiger partial charge is 0.273 e. The van der Waals surface area contributed by atoms with E-state index < -0.39 is 20.0 Å². The number of thiazole rings is 1. The lowest BCUT2D eigenvalue weighted by molar-refractivity contribution is 0.319. The van der Waals surface area contributed by atoms with Crippen molar-refractivity contribution in [1.29, 1.82) is 0 Å². The first-order chi connectivity index (χ1) is 14.0. The Bertz CT molecular complexity index is 1310. The zero-order valence-electron chi connectivity index (χ0n) is 16.3. The summed E-state index contributed by atoms with van der Waals surface area (Å²) in [4.78, 5) is 4.47. The van der Waals surface area contributed by atoms with Gasteiger partial charge in [0.15, 0.2) is 5.13 Å². The first-order valence-corrected chi connectivity index (χ1v) is 14.6. The first kappa shape index (κ1) is 22.0. The molecule has 0 radical (unpaired) electrons. The van der Waals surface area contributed by atoms with Gasteiger partial charge in [0.2, 0.25) is 10.0 Å². The van der Waals surface area contributed by atoms with Gasteiger partial charge in [0.1, 0.15) is 4.21 Å². The van der Waals surface area contributed by atoms with Crippen molar-refractivity contribution >= 4 is 69.5 Å². The van der Waals surface area contributed by atoms with Crippen LogP contribution >= 0.6 is 34.3 Å². The lowest BCUT2D eigenvalue weighted by atomic mass is 9.95. The van der Waals surface area contributed by atoms with Gasteiger partial charge in [-0.1, -0.05) is 11.6 Å². The number of nitrogens with zero attached hydrogens (tertiary/aromatic N) is 2. The zero-order chi connectivity index (χ0) is 21.7. The van der Waals surface area contributed by atoms with Gasteiger partial charge in [0.05, 0.1) is 11.9 Å². The maximum atomic E-state index is 13.0. The summed E-state index contributed by atoms with van der Waals surface area (Å²) in [5.41, 5.74) is 1.46. The number of aryl methyl sites for hydroxylation is 1.